The van der Waals surface area contributed by atoms with Gasteiger partial charge in [-0.15, -0.1) is 0 Å². The Morgan fingerprint density at radius 2 is 2.24 bits per heavy atom. The molecule has 2 aromatic rings. The van der Waals surface area contributed by atoms with Crippen LogP contribution in [0.5, 0.6) is 0 Å². The average Bonchev–Trinajstić information content (AvgIpc) is 2.83. The highest BCUT2D eigenvalue weighted by Crippen LogP contribution is 2.17. The molecule has 0 spiro atoms. The summed E-state index contributed by atoms with van der Waals surface area (Å²) in [4.78, 5) is 16.0. The third-order valence-electron chi connectivity index (χ3n) is 3.19. The molecule has 7 heteroatoms. The van der Waals surface area contributed by atoms with Gasteiger partial charge in [0.05, 0.1) is 11.4 Å². The number of rotatable bonds is 6. The Labute approximate surface area is 123 Å². The average molecular weight is 288 g/mol. The highest BCUT2D eigenvalue weighted by Gasteiger charge is 2.21. The molecule has 0 aromatic carbocycles. The number of anilines is 1. The second kappa shape index (κ2) is 6.85. The van der Waals surface area contributed by atoms with Gasteiger partial charge in [-0.05, 0) is 26.0 Å². The quantitative estimate of drug-likeness (QED) is 0.584. The summed E-state index contributed by atoms with van der Waals surface area (Å²) in [5.41, 5.74) is 9.22. The smallest absolute Gasteiger partial charge is 0.241 e. The monoisotopic (exact) mass is 288 g/mol. The molecule has 21 heavy (non-hydrogen) atoms. The number of hydrogen-bond donors (Lipinski definition) is 4. The Balaban J connectivity index is 1.80. The van der Waals surface area contributed by atoms with E-state index in [0.717, 1.165) is 22.6 Å². The maximum Gasteiger partial charge on any atom is 0.241 e. The molecule has 2 rings (SSSR count). The molecule has 0 aliphatic rings. The van der Waals surface area contributed by atoms with Gasteiger partial charge in [-0.3, -0.25) is 14.9 Å². The van der Waals surface area contributed by atoms with E-state index in [2.05, 4.69) is 25.8 Å². The standard InChI is InChI=1S/C14H20N6O/c1-9-12(10(2)20-19-9)13(15)14(21)18-7-6-17-11-4-3-5-16-8-11/h3-5,8,13,17H,6-7,15H2,1-2H3,(H,18,21)(H,19,20)/t13-/m1/s1. The fourth-order valence-electron chi connectivity index (χ4n) is 2.12. The van der Waals surface area contributed by atoms with E-state index < -0.39 is 6.04 Å². The molecule has 0 radical (unpaired) electrons. The molecule has 0 aliphatic carbocycles. The van der Waals surface area contributed by atoms with Crippen molar-refractivity contribution in [2.75, 3.05) is 18.4 Å². The molecule has 7 nitrogen and oxygen atoms in total. The summed E-state index contributed by atoms with van der Waals surface area (Å²) in [5, 5.41) is 12.9. The Morgan fingerprint density at radius 1 is 1.43 bits per heavy atom. The van der Waals surface area contributed by atoms with Crippen LogP contribution in [0.1, 0.15) is 23.0 Å². The zero-order valence-electron chi connectivity index (χ0n) is 12.2. The van der Waals surface area contributed by atoms with Crippen molar-refractivity contribution in [3.05, 3.63) is 41.5 Å². The van der Waals surface area contributed by atoms with E-state index in [1.165, 1.54) is 0 Å². The molecule has 0 aliphatic heterocycles. The predicted octanol–water partition coefficient (Wildman–Crippen LogP) is 0.650. The third-order valence-corrected chi connectivity index (χ3v) is 3.19. The van der Waals surface area contributed by atoms with Crippen LogP contribution in [0.3, 0.4) is 0 Å². The van der Waals surface area contributed by atoms with Gasteiger partial charge in [0.15, 0.2) is 0 Å². The number of hydrogen-bond acceptors (Lipinski definition) is 5. The zero-order chi connectivity index (χ0) is 15.2. The summed E-state index contributed by atoms with van der Waals surface area (Å²) >= 11 is 0. The molecule has 112 valence electrons. The van der Waals surface area contributed by atoms with Gasteiger partial charge in [-0.1, -0.05) is 0 Å². The van der Waals surface area contributed by atoms with E-state index in [1.807, 2.05) is 26.0 Å². The lowest BCUT2D eigenvalue weighted by molar-refractivity contribution is -0.122. The van der Waals surface area contributed by atoms with Crippen molar-refractivity contribution in [3.63, 3.8) is 0 Å². The van der Waals surface area contributed by atoms with Crippen LogP contribution in [-0.2, 0) is 4.79 Å². The first-order valence-corrected chi connectivity index (χ1v) is 6.78. The first-order valence-electron chi connectivity index (χ1n) is 6.78. The maximum atomic E-state index is 12.0. The lowest BCUT2D eigenvalue weighted by atomic mass is 10.1. The minimum atomic E-state index is -0.706. The summed E-state index contributed by atoms with van der Waals surface area (Å²) in [6.07, 6.45) is 3.44. The first-order chi connectivity index (χ1) is 10.1. The van der Waals surface area contributed by atoms with Gasteiger partial charge in [-0.25, -0.2) is 0 Å². The fraction of sp³-hybridized carbons (Fsp3) is 0.357. The number of H-pyrrole nitrogens is 1. The van der Waals surface area contributed by atoms with Crippen LogP contribution >= 0.6 is 0 Å². The van der Waals surface area contributed by atoms with Crippen molar-refractivity contribution in [3.8, 4) is 0 Å². The Morgan fingerprint density at radius 3 is 2.86 bits per heavy atom. The summed E-state index contributed by atoms with van der Waals surface area (Å²) in [6.45, 7) is 4.77. The number of carbonyl (C=O) groups excluding carboxylic acids is 1. The van der Waals surface area contributed by atoms with Crippen molar-refractivity contribution >= 4 is 11.6 Å². The van der Waals surface area contributed by atoms with Crippen LogP contribution in [-0.4, -0.2) is 34.2 Å². The third kappa shape index (κ3) is 3.79. The first kappa shape index (κ1) is 15.0. The van der Waals surface area contributed by atoms with Gasteiger partial charge >= 0.3 is 0 Å². The van der Waals surface area contributed by atoms with Crippen molar-refractivity contribution < 1.29 is 4.79 Å². The van der Waals surface area contributed by atoms with Crippen molar-refractivity contribution in [1.29, 1.82) is 0 Å². The van der Waals surface area contributed by atoms with E-state index in [4.69, 9.17) is 5.73 Å². The molecule has 0 fully saturated rings. The van der Waals surface area contributed by atoms with E-state index in [0.29, 0.717) is 13.1 Å². The van der Waals surface area contributed by atoms with Crippen LogP contribution in [0.4, 0.5) is 5.69 Å². The second-order valence-electron chi connectivity index (χ2n) is 4.78. The Hall–Kier alpha value is -2.41. The van der Waals surface area contributed by atoms with Gasteiger partial charge in [0.2, 0.25) is 5.91 Å². The van der Waals surface area contributed by atoms with Crippen LogP contribution in [0.25, 0.3) is 0 Å². The largest absolute Gasteiger partial charge is 0.382 e. The van der Waals surface area contributed by atoms with Gasteiger partial charge in [0.1, 0.15) is 6.04 Å². The summed E-state index contributed by atoms with van der Waals surface area (Å²) in [7, 11) is 0. The number of nitrogens with zero attached hydrogens (tertiary/aromatic N) is 2. The molecule has 1 atom stereocenters. The number of carbonyl (C=O) groups is 1. The SMILES string of the molecule is Cc1n[nH]c(C)c1[C@@H](N)C(=O)NCCNc1cccnc1. The van der Waals surface area contributed by atoms with Crippen LogP contribution < -0.4 is 16.4 Å². The second-order valence-corrected chi connectivity index (χ2v) is 4.78. The predicted molar refractivity (Wildman–Crippen MR) is 80.7 cm³/mol. The molecule has 0 saturated heterocycles. The Kier molecular flexibility index (Phi) is 4.89. The van der Waals surface area contributed by atoms with E-state index in [9.17, 15) is 4.79 Å². The number of pyridine rings is 1. The highest BCUT2D eigenvalue weighted by atomic mass is 16.2. The molecular formula is C14H20N6O. The van der Waals surface area contributed by atoms with E-state index in [1.54, 1.807) is 12.4 Å². The fourth-order valence-corrected chi connectivity index (χ4v) is 2.12. The molecular weight excluding hydrogens is 268 g/mol. The van der Waals surface area contributed by atoms with Crippen LogP contribution in [0.2, 0.25) is 0 Å². The van der Waals surface area contributed by atoms with E-state index >= 15 is 0 Å². The van der Waals surface area contributed by atoms with Crippen molar-refractivity contribution in [2.24, 2.45) is 5.73 Å². The van der Waals surface area contributed by atoms with Gasteiger partial charge in [0.25, 0.3) is 0 Å². The van der Waals surface area contributed by atoms with Gasteiger partial charge < -0.3 is 16.4 Å². The van der Waals surface area contributed by atoms with Crippen molar-refractivity contribution in [2.45, 2.75) is 19.9 Å². The summed E-state index contributed by atoms with van der Waals surface area (Å²) in [6, 6.07) is 3.06. The normalized spacial score (nSPS) is 12.0. The minimum absolute atomic E-state index is 0.212. The lowest BCUT2D eigenvalue weighted by Gasteiger charge is -2.13. The number of nitrogens with two attached hydrogens (primary N) is 1. The molecule has 0 saturated carbocycles. The topological polar surface area (TPSA) is 109 Å². The highest BCUT2D eigenvalue weighted by molar-refractivity contribution is 5.83. The summed E-state index contributed by atoms with van der Waals surface area (Å²) in [5.74, 6) is -0.212. The van der Waals surface area contributed by atoms with Gasteiger partial charge in [-0.2, -0.15) is 5.10 Å². The van der Waals surface area contributed by atoms with Gasteiger partial charge in [0, 0.05) is 36.7 Å². The molecule has 0 bridgehead atoms. The molecule has 2 heterocycles. The maximum absolute atomic E-state index is 12.0. The molecule has 0 unspecified atom stereocenters. The number of amides is 1. The van der Waals surface area contributed by atoms with E-state index in [-0.39, 0.29) is 5.91 Å². The number of aromatic amines is 1. The van der Waals surface area contributed by atoms with Crippen LogP contribution in [0, 0.1) is 13.8 Å². The molecule has 1 amide bonds. The summed E-state index contributed by atoms with van der Waals surface area (Å²) < 4.78 is 0. The molecule has 2 aromatic heterocycles. The number of aromatic nitrogens is 3. The van der Waals surface area contributed by atoms with Crippen molar-refractivity contribution in [1.82, 2.24) is 20.5 Å². The number of aryl methyl sites for hydroxylation is 2. The molecule has 5 N–H and O–H groups in total. The van der Waals surface area contributed by atoms with Crippen LogP contribution in [0.15, 0.2) is 24.5 Å². The Bertz CT molecular complexity index is 575. The zero-order valence-corrected chi connectivity index (χ0v) is 12.2. The lowest BCUT2D eigenvalue weighted by Crippen LogP contribution is -2.37. The minimum Gasteiger partial charge on any atom is -0.382 e. The number of nitrogens with one attached hydrogen (secondary N) is 3.